The summed E-state index contributed by atoms with van der Waals surface area (Å²) in [6.07, 6.45) is 1.35. The summed E-state index contributed by atoms with van der Waals surface area (Å²) in [6.45, 7) is 10.7. The van der Waals surface area contributed by atoms with Crippen LogP contribution >= 0.6 is 0 Å². The fourth-order valence-corrected chi connectivity index (χ4v) is 1.83. The largest absolute Gasteiger partial charge is 0.491 e. The van der Waals surface area contributed by atoms with E-state index in [0.29, 0.717) is 12.1 Å². The van der Waals surface area contributed by atoms with Crippen molar-refractivity contribution in [1.82, 2.24) is 5.32 Å². The molecule has 0 heterocycles. The number of rotatable bonds is 6. The Balaban J connectivity index is 2.81. The molecule has 0 fully saturated rings. The van der Waals surface area contributed by atoms with Crippen LogP contribution in [0.3, 0.4) is 0 Å². The van der Waals surface area contributed by atoms with Gasteiger partial charge in [-0.2, -0.15) is 0 Å². The third-order valence-corrected chi connectivity index (χ3v) is 2.90. The Morgan fingerprint density at radius 2 is 1.76 bits per heavy atom. The van der Waals surface area contributed by atoms with E-state index in [9.17, 15) is 0 Å². The first-order chi connectivity index (χ1) is 8.04. The Morgan fingerprint density at radius 3 is 2.35 bits per heavy atom. The molecule has 0 aliphatic heterocycles. The van der Waals surface area contributed by atoms with E-state index in [1.54, 1.807) is 0 Å². The summed E-state index contributed by atoms with van der Waals surface area (Å²) in [7, 11) is 0. The Hall–Kier alpha value is -1.02. The summed E-state index contributed by atoms with van der Waals surface area (Å²) in [5, 5.41) is 3.58. The molecule has 2 nitrogen and oxygen atoms in total. The monoisotopic (exact) mass is 235 g/mol. The van der Waals surface area contributed by atoms with E-state index in [1.165, 1.54) is 5.56 Å². The summed E-state index contributed by atoms with van der Waals surface area (Å²) < 4.78 is 5.84. The second kappa shape index (κ2) is 6.65. The summed E-state index contributed by atoms with van der Waals surface area (Å²) in [5.74, 6) is 0.991. The normalized spacial score (nSPS) is 14.7. The van der Waals surface area contributed by atoms with Crippen molar-refractivity contribution < 1.29 is 4.74 Å². The molecule has 0 aliphatic rings. The van der Waals surface area contributed by atoms with E-state index in [2.05, 4.69) is 52.1 Å². The number of benzene rings is 1. The highest BCUT2D eigenvalue weighted by molar-refractivity contribution is 5.35. The lowest BCUT2D eigenvalue weighted by Gasteiger charge is -2.22. The molecule has 2 atom stereocenters. The topological polar surface area (TPSA) is 21.3 Å². The zero-order valence-corrected chi connectivity index (χ0v) is 11.7. The molecule has 1 rings (SSSR count). The second-order valence-corrected chi connectivity index (χ2v) is 4.90. The van der Waals surface area contributed by atoms with Gasteiger partial charge in [0.15, 0.2) is 0 Å². The van der Waals surface area contributed by atoms with Crippen molar-refractivity contribution in [3.05, 3.63) is 29.8 Å². The smallest absolute Gasteiger partial charge is 0.124 e. The van der Waals surface area contributed by atoms with Crippen LogP contribution in [0.2, 0.25) is 0 Å². The van der Waals surface area contributed by atoms with Gasteiger partial charge in [-0.25, -0.2) is 0 Å². The molecule has 0 spiro atoms. The van der Waals surface area contributed by atoms with E-state index >= 15 is 0 Å². The molecule has 2 unspecified atom stereocenters. The molecule has 0 aromatic heterocycles. The predicted octanol–water partition coefficient (Wildman–Crippen LogP) is 3.92. The Bertz CT molecular complexity index is 335. The van der Waals surface area contributed by atoms with Crippen LogP contribution in [0.1, 0.15) is 52.6 Å². The molecule has 2 heteroatoms. The van der Waals surface area contributed by atoms with Crippen LogP contribution in [-0.2, 0) is 0 Å². The first-order valence-corrected chi connectivity index (χ1v) is 6.56. The third kappa shape index (κ3) is 4.39. The van der Waals surface area contributed by atoms with Crippen molar-refractivity contribution in [2.24, 2.45) is 0 Å². The minimum absolute atomic E-state index is 0.215. The lowest BCUT2D eigenvalue weighted by molar-refractivity contribution is 0.237. The summed E-state index contributed by atoms with van der Waals surface area (Å²) in [4.78, 5) is 0. The molecule has 0 aliphatic carbocycles. The van der Waals surface area contributed by atoms with Crippen molar-refractivity contribution in [3.63, 3.8) is 0 Å². The average molecular weight is 235 g/mol. The van der Waals surface area contributed by atoms with E-state index in [0.717, 1.165) is 12.2 Å². The molecule has 0 amide bonds. The van der Waals surface area contributed by atoms with Gasteiger partial charge < -0.3 is 10.1 Å². The number of ether oxygens (including phenoxy) is 1. The zero-order chi connectivity index (χ0) is 12.8. The minimum Gasteiger partial charge on any atom is -0.491 e. The number of hydrogen-bond acceptors (Lipinski definition) is 2. The molecule has 1 aromatic carbocycles. The first-order valence-electron chi connectivity index (χ1n) is 6.56. The summed E-state index contributed by atoms with van der Waals surface area (Å²) in [5.41, 5.74) is 1.24. The Kier molecular flexibility index (Phi) is 5.49. The van der Waals surface area contributed by atoms with Gasteiger partial charge in [-0.05, 0) is 40.2 Å². The van der Waals surface area contributed by atoms with Gasteiger partial charge in [-0.1, -0.05) is 25.1 Å². The van der Waals surface area contributed by atoms with Crippen LogP contribution in [0, 0.1) is 0 Å². The van der Waals surface area contributed by atoms with Gasteiger partial charge in [-0.3, -0.25) is 0 Å². The molecule has 0 radical (unpaired) electrons. The van der Waals surface area contributed by atoms with Gasteiger partial charge >= 0.3 is 0 Å². The van der Waals surface area contributed by atoms with E-state index in [1.807, 2.05) is 12.1 Å². The maximum absolute atomic E-state index is 5.84. The maximum atomic E-state index is 5.84. The lowest BCUT2D eigenvalue weighted by atomic mass is 10.1. The highest BCUT2D eigenvalue weighted by atomic mass is 16.5. The average Bonchev–Trinajstić information content (AvgIpc) is 2.28. The van der Waals surface area contributed by atoms with Crippen LogP contribution in [0.15, 0.2) is 24.3 Å². The van der Waals surface area contributed by atoms with Crippen molar-refractivity contribution in [2.75, 3.05) is 0 Å². The zero-order valence-electron chi connectivity index (χ0n) is 11.7. The van der Waals surface area contributed by atoms with Crippen molar-refractivity contribution in [1.29, 1.82) is 0 Å². The minimum atomic E-state index is 0.215. The second-order valence-electron chi connectivity index (χ2n) is 4.90. The number of para-hydroxylation sites is 1. The molecule has 1 N–H and O–H groups in total. The van der Waals surface area contributed by atoms with E-state index in [-0.39, 0.29) is 6.10 Å². The van der Waals surface area contributed by atoms with Crippen molar-refractivity contribution >= 4 is 0 Å². The quantitative estimate of drug-likeness (QED) is 0.807. The van der Waals surface area contributed by atoms with Crippen LogP contribution in [0.4, 0.5) is 0 Å². The SMILES string of the molecule is CCC(C)NC(C)c1ccccc1OC(C)C. The predicted molar refractivity (Wildman–Crippen MR) is 73.5 cm³/mol. The fraction of sp³-hybridized carbons (Fsp3) is 0.600. The van der Waals surface area contributed by atoms with Gasteiger partial charge in [0.05, 0.1) is 6.10 Å². The van der Waals surface area contributed by atoms with Crippen LogP contribution < -0.4 is 10.1 Å². The van der Waals surface area contributed by atoms with Crippen molar-refractivity contribution in [3.8, 4) is 5.75 Å². The number of nitrogens with one attached hydrogen (secondary N) is 1. The van der Waals surface area contributed by atoms with E-state index < -0.39 is 0 Å². The fourth-order valence-electron chi connectivity index (χ4n) is 1.83. The van der Waals surface area contributed by atoms with Crippen LogP contribution in [-0.4, -0.2) is 12.1 Å². The molecule has 0 saturated heterocycles. The molecular weight excluding hydrogens is 210 g/mol. The molecule has 17 heavy (non-hydrogen) atoms. The van der Waals surface area contributed by atoms with Crippen molar-refractivity contribution in [2.45, 2.75) is 59.2 Å². The Morgan fingerprint density at radius 1 is 1.12 bits per heavy atom. The van der Waals surface area contributed by atoms with Gasteiger partial charge in [0, 0.05) is 17.6 Å². The Labute approximate surface area is 105 Å². The molecule has 96 valence electrons. The van der Waals surface area contributed by atoms with Gasteiger partial charge in [0.25, 0.3) is 0 Å². The van der Waals surface area contributed by atoms with Gasteiger partial charge in [0.1, 0.15) is 5.75 Å². The highest BCUT2D eigenvalue weighted by Gasteiger charge is 2.13. The number of hydrogen-bond donors (Lipinski definition) is 1. The van der Waals surface area contributed by atoms with Gasteiger partial charge in [0.2, 0.25) is 0 Å². The van der Waals surface area contributed by atoms with E-state index in [4.69, 9.17) is 4.74 Å². The highest BCUT2D eigenvalue weighted by Crippen LogP contribution is 2.26. The first kappa shape index (κ1) is 14.0. The van der Waals surface area contributed by atoms with Crippen LogP contribution in [0.25, 0.3) is 0 Å². The molecule has 0 bridgehead atoms. The summed E-state index contributed by atoms with van der Waals surface area (Å²) in [6, 6.07) is 9.12. The molecular formula is C15H25NO. The molecule has 0 saturated carbocycles. The standard InChI is InChI=1S/C15H25NO/c1-6-12(4)16-13(5)14-9-7-8-10-15(14)17-11(2)3/h7-13,16H,6H2,1-5H3. The van der Waals surface area contributed by atoms with Gasteiger partial charge in [-0.15, -0.1) is 0 Å². The third-order valence-electron chi connectivity index (χ3n) is 2.90. The maximum Gasteiger partial charge on any atom is 0.124 e. The molecule has 1 aromatic rings. The lowest BCUT2D eigenvalue weighted by Crippen LogP contribution is -2.28. The summed E-state index contributed by atoms with van der Waals surface area (Å²) >= 11 is 0. The van der Waals surface area contributed by atoms with Crippen LogP contribution in [0.5, 0.6) is 5.75 Å².